The van der Waals surface area contributed by atoms with E-state index in [1.54, 1.807) is 20.8 Å². The van der Waals surface area contributed by atoms with Gasteiger partial charge < -0.3 is 25.4 Å². The molecule has 0 aromatic heterocycles. The van der Waals surface area contributed by atoms with Crippen molar-refractivity contribution in [1.82, 2.24) is 15.5 Å². The van der Waals surface area contributed by atoms with Crippen LogP contribution < -0.4 is 10.6 Å². The van der Waals surface area contributed by atoms with E-state index in [9.17, 15) is 19.5 Å². The first-order valence-corrected chi connectivity index (χ1v) is 11.2. The number of hydrogen-bond donors (Lipinski definition) is 3. The van der Waals surface area contributed by atoms with E-state index in [-0.39, 0.29) is 5.91 Å². The fourth-order valence-corrected chi connectivity index (χ4v) is 3.65. The number of ether oxygens (including phenoxy) is 1. The summed E-state index contributed by atoms with van der Waals surface area (Å²) >= 11 is 0. The number of rotatable bonds is 8. The van der Waals surface area contributed by atoms with Crippen LogP contribution in [0.3, 0.4) is 0 Å². The normalized spacial score (nSPS) is 12.9. The highest BCUT2D eigenvalue weighted by Crippen LogP contribution is 2.27. The molecule has 2 unspecified atom stereocenters. The first-order chi connectivity index (χ1) is 15.9. The molecule has 0 fully saturated rings. The van der Waals surface area contributed by atoms with Crippen LogP contribution in [0.2, 0.25) is 0 Å². The number of carbonyl (C=O) groups is 3. The lowest BCUT2D eigenvalue weighted by atomic mass is 9.94. The van der Waals surface area contributed by atoms with E-state index in [1.165, 1.54) is 11.9 Å². The quantitative estimate of drug-likeness (QED) is 0.551. The Balaban J connectivity index is 2.32. The van der Waals surface area contributed by atoms with E-state index in [0.717, 1.165) is 16.7 Å². The predicted molar refractivity (Wildman–Crippen MR) is 130 cm³/mol. The molecule has 8 nitrogen and oxygen atoms in total. The second-order valence-corrected chi connectivity index (χ2v) is 9.24. The number of benzene rings is 2. The van der Waals surface area contributed by atoms with E-state index in [2.05, 4.69) is 10.6 Å². The Morgan fingerprint density at radius 3 is 2.12 bits per heavy atom. The molecular weight excluding hydrogens is 434 g/mol. The summed E-state index contributed by atoms with van der Waals surface area (Å²) in [5, 5.41) is 15.1. The van der Waals surface area contributed by atoms with Gasteiger partial charge in [-0.2, -0.15) is 0 Å². The highest BCUT2D eigenvalue weighted by atomic mass is 16.6. The summed E-state index contributed by atoms with van der Waals surface area (Å²) in [4.78, 5) is 40.2. The second-order valence-electron chi connectivity index (χ2n) is 9.24. The summed E-state index contributed by atoms with van der Waals surface area (Å²) < 4.78 is 5.21. The molecule has 2 rings (SSSR count). The van der Waals surface area contributed by atoms with Gasteiger partial charge in [-0.1, -0.05) is 48.5 Å². The van der Waals surface area contributed by atoms with Crippen LogP contribution in [0.4, 0.5) is 4.79 Å². The highest BCUT2D eigenvalue weighted by Gasteiger charge is 2.35. The Hall–Kier alpha value is -3.39. The second kappa shape index (κ2) is 11.7. The van der Waals surface area contributed by atoms with Gasteiger partial charge in [-0.25, -0.2) is 4.79 Å². The first-order valence-electron chi connectivity index (χ1n) is 11.2. The molecule has 8 heteroatoms. The molecule has 0 aliphatic heterocycles. The topological polar surface area (TPSA) is 108 Å². The highest BCUT2D eigenvalue weighted by molar-refractivity contribution is 5.92. The van der Waals surface area contributed by atoms with Gasteiger partial charge in [0.15, 0.2) is 0 Å². The van der Waals surface area contributed by atoms with Gasteiger partial charge in [-0.05, 0) is 56.9 Å². The third-order valence-electron chi connectivity index (χ3n) is 5.28. The molecule has 0 radical (unpaired) electrons. The van der Waals surface area contributed by atoms with Gasteiger partial charge in [0.2, 0.25) is 11.8 Å². The van der Waals surface area contributed by atoms with Crippen LogP contribution in [0, 0.1) is 13.8 Å². The number of amides is 3. The van der Waals surface area contributed by atoms with Crippen LogP contribution in [0.25, 0.3) is 0 Å². The van der Waals surface area contributed by atoms with E-state index in [0.29, 0.717) is 12.1 Å². The van der Waals surface area contributed by atoms with Gasteiger partial charge in [0, 0.05) is 13.6 Å². The zero-order valence-electron chi connectivity index (χ0n) is 20.7. The Labute approximate surface area is 201 Å². The monoisotopic (exact) mass is 469 g/mol. The van der Waals surface area contributed by atoms with Crippen LogP contribution in [0.1, 0.15) is 49.1 Å². The molecule has 184 valence electrons. The largest absolute Gasteiger partial charge is 0.444 e. The average molecular weight is 470 g/mol. The Morgan fingerprint density at radius 1 is 1.00 bits per heavy atom. The number of carbonyl (C=O) groups excluding carboxylic acids is 3. The summed E-state index contributed by atoms with van der Waals surface area (Å²) in [6, 6.07) is 12.9. The molecule has 0 aliphatic carbocycles. The minimum Gasteiger partial charge on any atom is -0.444 e. The van der Waals surface area contributed by atoms with E-state index >= 15 is 0 Å². The van der Waals surface area contributed by atoms with Crippen molar-refractivity contribution in [1.29, 1.82) is 0 Å². The summed E-state index contributed by atoms with van der Waals surface area (Å²) in [6.45, 7) is 8.49. The lowest BCUT2D eigenvalue weighted by Gasteiger charge is -2.32. The molecule has 2 aromatic rings. The molecule has 0 saturated heterocycles. The minimum atomic E-state index is -1.27. The zero-order valence-corrected chi connectivity index (χ0v) is 20.7. The molecule has 0 spiro atoms. The molecule has 0 aliphatic rings. The van der Waals surface area contributed by atoms with Crippen LogP contribution in [0.5, 0.6) is 0 Å². The van der Waals surface area contributed by atoms with E-state index < -0.39 is 36.3 Å². The number of alkyl carbamates (subject to hydrolysis) is 1. The first kappa shape index (κ1) is 26.9. The van der Waals surface area contributed by atoms with E-state index in [4.69, 9.17) is 4.74 Å². The SMILES string of the molecule is Cc1cccc(C)c1C(C(=O)NCc1ccccc1)N(C)C(=O)C(CO)NC(=O)OC(C)(C)C. The van der Waals surface area contributed by atoms with Crippen molar-refractivity contribution in [2.45, 2.75) is 58.8 Å². The van der Waals surface area contributed by atoms with Crippen LogP contribution in [-0.2, 0) is 20.9 Å². The van der Waals surface area contributed by atoms with Gasteiger partial charge in [-0.15, -0.1) is 0 Å². The number of nitrogens with zero attached hydrogens (tertiary/aromatic N) is 1. The molecule has 0 heterocycles. The third-order valence-corrected chi connectivity index (χ3v) is 5.28. The fourth-order valence-electron chi connectivity index (χ4n) is 3.65. The summed E-state index contributed by atoms with van der Waals surface area (Å²) in [6.07, 6.45) is -0.828. The van der Waals surface area contributed by atoms with E-state index in [1.807, 2.05) is 62.4 Å². The molecule has 2 aromatic carbocycles. The Bertz CT molecular complexity index is 981. The minimum absolute atomic E-state index is 0.294. The Morgan fingerprint density at radius 2 is 1.59 bits per heavy atom. The molecule has 34 heavy (non-hydrogen) atoms. The van der Waals surface area contributed by atoms with Gasteiger partial charge in [0.05, 0.1) is 6.61 Å². The number of nitrogens with one attached hydrogen (secondary N) is 2. The predicted octanol–water partition coefficient (Wildman–Crippen LogP) is 3.00. The van der Waals surface area contributed by atoms with Gasteiger partial charge in [-0.3, -0.25) is 9.59 Å². The van der Waals surface area contributed by atoms with Crippen molar-refractivity contribution in [3.05, 3.63) is 70.8 Å². The van der Waals surface area contributed by atoms with Gasteiger partial charge in [0.1, 0.15) is 17.7 Å². The number of aliphatic hydroxyl groups is 1. The Kier molecular flexibility index (Phi) is 9.20. The fraction of sp³-hybridized carbons (Fsp3) is 0.423. The van der Waals surface area contributed by atoms with Crippen molar-refractivity contribution < 1.29 is 24.2 Å². The summed E-state index contributed by atoms with van der Waals surface area (Å²) in [7, 11) is 1.49. The molecule has 2 atom stereocenters. The maximum atomic E-state index is 13.4. The smallest absolute Gasteiger partial charge is 0.408 e. The van der Waals surface area contributed by atoms with Crippen LogP contribution >= 0.6 is 0 Å². The summed E-state index contributed by atoms with van der Waals surface area (Å²) in [5.74, 6) is -0.984. The van der Waals surface area contributed by atoms with Crippen LogP contribution in [0.15, 0.2) is 48.5 Å². The maximum Gasteiger partial charge on any atom is 0.408 e. The molecule has 0 saturated carbocycles. The van der Waals surface area contributed by atoms with Gasteiger partial charge in [0.25, 0.3) is 0 Å². The van der Waals surface area contributed by atoms with Crippen LogP contribution in [-0.4, -0.2) is 53.2 Å². The summed E-state index contributed by atoms with van der Waals surface area (Å²) in [5.41, 5.74) is 2.54. The lowest BCUT2D eigenvalue weighted by molar-refractivity contribution is -0.141. The number of aryl methyl sites for hydroxylation is 2. The third kappa shape index (κ3) is 7.31. The lowest BCUT2D eigenvalue weighted by Crippen LogP contribution is -2.53. The van der Waals surface area contributed by atoms with Crippen molar-refractivity contribution >= 4 is 17.9 Å². The molecular formula is C26H35N3O5. The number of hydrogen-bond acceptors (Lipinski definition) is 5. The van der Waals surface area contributed by atoms with Gasteiger partial charge >= 0.3 is 6.09 Å². The standard InChI is InChI=1S/C26H35N3O5/c1-17-11-10-12-18(2)21(17)22(23(31)27-15-19-13-8-7-9-14-19)29(6)24(32)20(16-30)28-25(33)34-26(3,4)5/h7-14,20,22,30H,15-16H2,1-6H3,(H,27,31)(H,28,33). The zero-order chi connectivity index (χ0) is 25.5. The average Bonchev–Trinajstić information content (AvgIpc) is 2.77. The molecule has 3 N–H and O–H groups in total. The maximum absolute atomic E-state index is 13.4. The molecule has 0 bridgehead atoms. The number of likely N-dealkylation sites (N-methyl/N-ethyl adjacent to an activating group) is 1. The van der Waals surface area contributed by atoms with Crippen molar-refractivity contribution in [3.63, 3.8) is 0 Å². The van der Waals surface area contributed by atoms with Crippen molar-refractivity contribution in [2.24, 2.45) is 0 Å². The van der Waals surface area contributed by atoms with Crippen molar-refractivity contribution in [2.75, 3.05) is 13.7 Å². The molecule has 3 amide bonds. The number of aliphatic hydroxyl groups excluding tert-OH is 1. The van der Waals surface area contributed by atoms with Crippen molar-refractivity contribution in [3.8, 4) is 0 Å².